The van der Waals surface area contributed by atoms with Crippen LogP contribution in [0.15, 0.2) is 24.3 Å². The fraction of sp³-hybridized carbons (Fsp3) is 0.722. The monoisotopic (exact) mass is 280 g/mol. The van der Waals surface area contributed by atoms with E-state index in [4.69, 9.17) is 4.74 Å². The predicted molar refractivity (Wildman–Crippen MR) is 86.7 cm³/mol. The smallest absolute Gasteiger partial charge is 0.302 e. The lowest BCUT2D eigenvalue weighted by Gasteiger charge is -2.10. The molecule has 1 atom stereocenters. The van der Waals surface area contributed by atoms with Gasteiger partial charge in [0.2, 0.25) is 0 Å². The minimum atomic E-state index is -0.176. The van der Waals surface area contributed by atoms with E-state index in [0.717, 1.165) is 32.1 Å². The Morgan fingerprint density at radius 1 is 0.950 bits per heavy atom. The van der Waals surface area contributed by atoms with Gasteiger partial charge in [-0.3, -0.25) is 4.79 Å². The van der Waals surface area contributed by atoms with E-state index >= 15 is 0 Å². The third-order valence-corrected chi connectivity index (χ3v) is 3.16. The van der Waals surface area contributed by atoms with Crippen molar-refractivity contribution in [2.45, 2.75) is 84.7 Å². The summed E-state index contributed by atoms with van der Waals surface area (Å²) in [5, 5.41) is 0. The van der Waals surface area contributed by atoms with E-state index in [1.807, 2.05) is 6.92 Å². The summed E-state index contributed by atoms with van der Waals surface area (Å²) in [6.45, 7) is 5.65. The van der Waals surface area contributed by atoms with Crippen molar-refractivity contribution >= 4 is 5.97 Å². The molecule has 0 spiro atoms. The van der Waals surface area contributed by atoms with E-state index in [-0.39, 0.29) is 12.1 Å². The van der Waals surface area contributed by atoms with Gasteiger partial charge >= 0.3 is 5.97 Å². The van der Waals surface area contributed by atoms with Crippen LogP contribution in [0.2, 0.25) is 0 Å². The van der Waals surface area contributed by atoms with Crippen molar-refractivity contribution in [1.82, 2.24) is 0 Å². The van der Waals surface area contributed by atoms with Crippen LogP contribution in [0.3, 0.4) is 0 Å². The lowest BCUT2D eigenvalue weighted by Crippen LogP contribution is -2.11. The first-order valence-corrected chi connectivity index (χ1v) is 8.14. The lowest BCUT2D eigenvalue weighted by atomic mass is 10.1. The number of hydrogen-bond acceptors (Lipinski definition) is 2. The number of hydrogen-bond donors (Lipinski definition) is 0. The summed E-state index contributed by atoms with van der Waals surface area (Å²) in [5.41, 5.74) is 0. The van der Waals surface area contributed by atoms with E-state index in [0.29, 0.717) is 0 Å². The second-order valence-corrected chi connectivity index (χ2v) is 5.37. The number of ether oxygens (including phenoxy) is 1. The molecule has 0 rings (SSSR count). The zero-order chi connectivity index (χ0) is 15.1. The highest BCUT2D eigenvalue weighted by Gasteiger charge is 2.03. The molecule has 0 fully saturated rings. The fourth-order valence-electron chi connectivity index (χ4n) is 2.02. The molecular weight excluding hydrogens is 248 g/mol. The van der Waals surface area contributed by atoms with Gasteiger partial charge in [-0.25, -0.2) is 0 Å². The molecule has 20 heavy (non-hydrogen) atoms. The van der Waals surface area contributed by atoms with Gasteiger partial charge in [-0.2, -0.15) is 0 Å². The minimum absolute atomic E-state index is 0.0599. The Morgan fingerprint density at radius 3 is 2.05 bits per heavy atom. The Bertz CT molecular complexity index is 279. The molecular formula is C18H32O2. The van der Waals surface area contributed by atoms with Gasteiger partial charge in [-0.05, 0) is 51.9 Å². The third-order valence-electron chi connectivity index (χ3n) is 3.16. The SMILES string of the molecule is CCCCC=CCCC=CCCCCC(C)OC(C)=O. The van der Waals surface area contributed by atoms with Gasteiger partial charge in [0.15, 0.2) is 0 Å². The normalized spacial score (nSPS) is 13.2. The van der Waals surface area contributed by atoms with Crippen LogP contribution in [-0.2, 0) is 9.53 Å². The van der Waals surface area contributed by atoms with Gasteiger partial charge in [0.1, 0.15) is 0 Å². The number of carbonyl (C=O) groups excluding carboxylic acids is 1. The Morgan fingerprint density at radius 2 is 1.50 bits per heavy atom. The number of allylic oxidation sites excluding steroid dienone is 4. The minimum Gasteiger partial charge on any atom is -0.463 e. The zero-order valence-electron chi connectivity index (χ0n) is 13.6. The molecule has 0 aliphatic heterocycles. The van der Waals surface area contributed by atoms with Crippen molar-refractivity contribution in [3.8, 4) is 0 Å². The van der Waals surface area contributed by atoms with Crippen LogP contribution in [0.25, 0.3) is 0 Å². The summed E-state index contributed by atoms with van der Waals surface area (Å²) in [6, 6.07) is 0. The summed E-state index contributed by atoms with van der Waals surface area (Å²) in [6.07, 6.45) is 19.7. The molecule has 0 aliphatic carbocycles. The van der Waals surface area contributed by atoms with Gasteiger partial charge in [0.25, 0.3) is 0 Å². The van der Waals surface area contributed by atoms with Crippen molar-refractivity contribution in [2.75, 3.05) is 0 Å². The highest BCUT2D eigenvalue weighted by atomic mass is 16.5. The second kappa shape index (κ2) is 14.4. The number of rotatable bonds is 12. The average molecular weight is 280 g/mol. The standard InChI is InChI=1S/C18H32O2/c1-4-5-6-7-8-9-10-11-12-13-14-15-16-17(2)20-18(3)19/h7-8,11-12,17H,4-6,9-10,13-16H2,1-3H3. The number of esters is 1. The summed E-state index contributed by atoms with van der Waals surface area (Å²) < 4.78 is 5.09. The number of unbranched alkanes of at least 4 members (excludes halogenated alkanes) is 5. The quantitative estimate of drug-likeness (QED) is 0.265. The first-order chi connectivity index (χ1) is 9.66. The molecule has 2 heteroatoms. The van der Waals surface area contributed by atoms with Crippen LogP contribution < -0.4 is 0 Å². The van der Waals surface area contributed by atoms with Crippen LogP contribution in [-0.4, -0.2) is 12.1 Å². The second-order valence-electron chi connectivity index (χ2n) is 5.37. The molecule has 0 heterocycles. The Labute approximate surface area is 125 Å². The van der Waals surface area contributed by atoms with Crippen LogP contribution >= 0.6 is 0 Å². The first-order valence-electron chi connectivity index (χ1n) is 8.14. The molecule has 0 aliphatic rings. The molecule has 0 aromatic heterocycles. The molecule has 0 saturated heterocycles. The topological polar surface area (TPSA) is 26.3 Å². The molecule has 0 N–H and O–H groups in total. The van der Waals surface area contributed by atoms with Crippen molar-refractivity contribution in [2.24, 2.45) is 0 Å². The number of carbonyl (C=O) groups is 1. The maximum Gasteiger partial charge on any atom is 0.302 e. The Hall–Kier alpha value is -1.05. The lowest BCUT2D eigenvalue weighted by molar-refractivity contribution is -0.145. The van der Waals surface area contributed by atoms with Crippen molar-refractivity contribution in [3.63, 3.8) is 0 Å². The van der Waals surface area contributed by atoms with Gasteiger partial charge < -0.3 is 4.74 Å². The Balaban J connectivity index is 3.31. The summed E-state index contributed by atoms with van der Waals surface area (Å²) in [5.74, 6) is -0.176. The summed E-state index contributed by atoms with van der Waals surface area (Å²) in [7, 11) is 0. The van der Waals surface area contributed by atoms with Crippen LogP contribution in [0.1, 0.15) is 78.6 Å². The van der Waals surface area contributed by atoms with Gasteiger partial charge in [0, 0.05) is 6.92 Å². The molecule has 0 bridgehead atoms. The summed E-state index contributed by atoms with van der Waals surface area (Å²) in [4.78, 5) is 10.7. The highest BCUT2D eigenvalue weighted by molar-refractivity contribution is 5.66. The van der Waals surface area contributed by atoms with E-state index < -0.39 is 0 Å². The summed E-state index contributed by atoms with van der Waals surface area (Å²) >= 11 is 0. The van der Waals surface area contributed by atoms with E-state index in [1.54, 1.807) is 0 Å². The molecule has 0 saturated carbocycles. The van der Waals surface area contributed by atoms with Crippen LogP contribution in [0, 0.1) is 0 Å². The van der Waals surface area contributed by atoms with Crippen molar-refractivity contribution in [3.05, 3.63) is 24.3 Å². The molecule has 0 radical (unpaired) electrons. The van der Waals surface area contributed by atoms with E-state index in [9.17, 15) is 4.79 Å². The molecule has 1 unspecified atom stereocenters. The van der Waals surface area contributed by atoms with Crippen molar-refractivity contribution < 1.29 is 9.53 Å². The molecule has 2 nitrogen and oxygen atoms in total. The maximum atomic E-state index is 10.7. The highest BCUT2D eigenvalue weighted by Crippen LogP contribution is 2.07. The molecule has 0 aromatic rings. The molecule has 0 aromatic carbocycles. The van der Waals surface area contributed by atoms with Gasteiger partial charge in [-0.15, -0.1) is 0 Å². The maximum absolute atomic E-state index is 10.7. The van der Waals surface area contributed by atoms with Gasteiger partial charge in [-0.1, -0.05) is 44.1 Å². The first kappa shape index (κ1) is 18.9. The third kappa shape index (κ3) is 15.0. The average Bonchev–Trinajstić information content (AvgIpc) is 2.39. The van der Waals surface area contributed by atoms with Gasteiger partial charge in [0.05, 0.1) is 6.10 Å². The largest absolute Gasteiger partial charge is 0.463 e. The molecule has 116 valence electrons. The fourth-order valence-corrected chi connectivity index (χ4v) is 2.02. The van der Waals surface area contributed by atoms with Crippen LogP contribution in [0.4, 0.5) is 0 Å². The van der Waals surface area contributed by atoms with Crippen LogP contribution in [0.5, 0.6) is 0 Å². The Kier molecular flexibility index (Phi) is 13.6. The predicted octanol–water partition coefficient (Wildman–Crippen LogP) is 5.58. The zero-order valence-corrected chi connectivity index (χ0v) is 13.6. The molecule has 0 amide bonds. The van der Waals surface area contributed by atoms with E-state index in [2.05, 4.69) is 31.2 Å². The van der Waals surface area contributed by atoms with E-state index in [1.165, 1.54) is 32.6 Å². The van der Waals surface area contributed by atoms with Crippen molar-refractivity contribution in [1.29, 1.82) is 0 Å².